The Morgan fingerprint density at radius 2 is 1.90 bits per heavy atom. The fraction of sp³-hybridized carbons (Fsp3) is 0.727. The zero-order valence-electron chi connectivity index (χ0n) is 17.2. The first-order valence-corrected chi connectivity index (χ1v) is 11.2. The van der Waals surface area contributed by atoms with E-state index in [1.165, 1.54) is 12.8 Å². The van der Waals surface area contributed by atoms with E-state index in [9.17, 15) is 9.59 Å². The van der Waals surface area contributed by atoms with Gasteiger partial charge in [0.2, 0.25) is 5.91 Å². The van der Waals surface area contributed by atoms with Crippen LogP contribution in [0.3, 0.4) is 0 Å². The number of hydrogen-bond donors (Lipinski definition) is 0. The summed E-state index contributed by atoms with van der Waals surface area (Å²) in [5, 5.41) is 0. The molecule has 1 aromatic rings. The van der Waals surface area contributed by atoms with Crippen LogP contribution in [-0.2, 0) is 20.7 Å². The van der Waals surface area contributed by atoms with E-state index in [-0.39, 0.29) is 23.8 Å². The van der Waals surface area contributed by atoms with Gasteiger partial charge < -0.3 is 9.64 Å². The average molecular weight is 399 g/mol. The van der Waals surface area contributed by atoms with Crippen molar-refractivity contribution in [3.63, 3.8) is 0 Å². The average Bonchev–Trinajstić information content (AvgIpc) is 3.39. The van der Waals surface area contributed by atoms with E-state index in [1.54, 1.807) is 0 Å². The highest BCUT2D eigenvalue weighted by Gasteiger charge is 2.35. The van der Waals surface area contributed by atoms with Gasteiger partial charge in [-0.1, -0.05) is 0 Å². The van der Waals surface area contributed by atoms with Gasteiger partial charge in [-0.25, -0.2) is 9.97 Å². The van der Waals surface area contributed by atoms with E-state index >= 15 is 0 Å². The second kappa shape index (κ2) is 7.67. The minimum Gasteiger partial charge on any atom is -0.368 e. The van der Waals surface area contributed by atoms with Gasteiger partial charge in [-0.3, -0.25) is 14.5 Å². The van der Waals surface area contributed by atoms with Crippen molar-refractivity contribution in [2.45, 2.75) is 70.3 Å². The number of rotatable bonds is 4. The standard InChI is InChI=1S/C22H30N4O3/c1-14-17-6-7-19(27)26(13-15-4-5-15)21(17)24-20(23-14)16-8-10-25(11-9-16)22(28)18-3-2-12-29-18/h15-16,18H,2-13H2,1H3. The fourth-order valence-electron chi connectivity index (χ4n) is 4.87. The van der Waals surface area contributed by atoms with Gasteiger partial charge in [-0.15, -0.1) is 0 Å². The first-order valence-electron chi connectivity index (χ1n) is 11.2. The highest BCUT2D eigenvalue weighted by Crippen LogP contribution is 2.36. The van der Waals surface area contributed by atoms with Crippen LogP contribution >= 0.6 is 0 Å². The number of likely N-dealkylation sites (tertiary alicyclic amines) is 1. The smallest absolute Gasteiger partial charge is 0.251 e. The molecule has 1 aliphatic carbocycles. The van der Waals surface area contributed by atoms with Gasteiger partial charge in [0, 0.05) is 49.8 Å². The van der Waals surface area contributed by atoms with Gasteiger partial charge in [-0.2, -0.15) is 0 Å². The largest absolute Gasteiger partial charge is 0.368 e. The van der Waals surface area contributed by atoms with E-state index in [4.69, 9.17) is 14.7 Å². The number of anilines is 1. The Labute approximate surface area is 171 Å². The molecular formula is C22H30N4O3. The van der Waals surface area contributed by atoms with E-state index in [0.717, 1.165) is 74.6 Å². The van der Waals surface area contributed by atoms with E-state index in [1.807, 2.05) is 16.7 Å². The number of piperidine rings is 1. The van der Waals surface area contributed by atoms with Crippen molar-refractivity contribution in [2.75, 3.05) is 31.1 Å². The lowest BCUT2D eigenvalue weighted by molar-refractivity contribution is -0.142. The third-order valence-electron chi connectivity index (χ3n) is 6.87. The maximum Gasteiger partial charge on any atom is 0.251 e. The summed E-state index contributed by atoms with van der Waals surface area (Å²) in [6, 6.07) is 0. The summed E-state index contributed by atoms with van der Waals surface area (Å²) >= 11 is 0. The Hall–Kier alpha value is -2.02. The Kier molecular flexibility index (Phi) is 5.02. The predicted molar refractivity (Wildman–Crippen MR) is 108 cm³/mol. The number of aromatic nitrogens is 2. The van der Waals surface area contributed by atoms with Crippen molar-refractivity contribution in [2.24, 2.45) is 5.92 Å². The summed E-state index contributed by atoms with van der Waals surface area (Å²) in [4.78, 5) is 38.8. The highest BCUT2D eigenvalue weighted by atomic mass is 16.5. The Morgan fingerprint density at radius 1 is 1.10 bits per heavy atom. The molecular weight excluding hydrogens is 368 g/mol. The third-order valence-corrected chi connectivity index (χ3v) is 6.87. The van der Waals surface area contributed by atoms with E-state index in [2.05, 4.69) is 0 Å². The third kappa shape index (κ3) is 3.77. The minimum atomic E-state index is -0.240. The summed E-state index contributed by atoms with van der Waals surface area (Å²) in [6.07, 6.45) is 7.06. The summed E-state index contributed by atoms with van der Waals surface area (Å²) in [6.45, 7) is 5.01. The summed E-state index contributed by atoms with van der Waals surface area (Å²) in [7, 11) is 0. The van der Waals surface area contributed by atoms with Crippen LogP contribution in [0.1, 0.15) is 67.9 Å². The molecule has 2 amide bonds. The number of fused-ring (bicyclic) bond motifs is 1. The van der Waals surface area contributed by atoms with Crippen LogP contribution in [0.2, 0.25) is 0 Å². The molecule has 0 aromatic carbocycles. The van der Waals surface area contributed by atoms with Gasteiger partial charge in [-0.05, 0) is 57.8 Å². The van der Waals surface area contributed by atoms with Gasteiger partial charge in [0.15, 0.2) is 0 Å². The van der Waals surface area contributed by atoms with Crippen LogP contribution in [0, 0.1) is 12.8 Å². The molecule has 156 valence electrons. The molecule has 0 radical (unpaired) electrons. The Bertz CT molecular complexity index is 809. The molecule has 0 N–H and O–H groups in total. The predicted octanol–water partition coefficient (Wildman–Crippen LogP) is 2.36. The molecule has 4 aliphatic rings. The SMILES string of the molecule is Cc1nc(C2CCN(C(=O)C3CCCO3)CC2)nc2c1CCC(=O)N2CC1CC1. The molecule has 29 heavy (non-hydrogen) atoms. The van der Waals surface area contributed by atoms with Crippen LogP contribution in [0.15, 0.2) is 0 Å². The monoisotopic (exact) mass is 398 g/mol. The maximum atomic E-state index is 12.6. The van der Waals surface area contributed by atoms with Crippen LogP contribution in [-0.4, -0.2) is 59.0 Å². The van der Waals surface area contributed by atoms with Crippen molar-refractivity contribution in [3.05, 3.63) is 17.1 Å². The molecule has 1 atom stereocenters. The van der Waals surface area contributed by atoms with Gasteiger partial charge in [0.05, 0.1) is 0 Å². The number of aryl methyl sites for hydroxylation is 1. The summed E-state index contributed by atoms with van der Waals surface area (Å²) < 4.78 is 5.56. The highest BCUT2D eigenvalue weighted by molar-refractivity contribution is 5.95. The minimum absolute atomic E-state index is 0.143. The number of carbonyl (C=O) groups excluding carboxylic acids is 2. The lowest BCUT2D eigenvalue weighted by Gasteiger charge is -2.34. The van der Waals surface area contributed by atoms with Crippen molar-refractivity contribution >= 4 is 17.6 Å². The van der Waals surface area contributed by atoms with Crippen molar-refractivity contribution in [1.82, 2.24) is 14.9 Å². The Balaban J connectivity index is 1.31. The molecule has 3 fully saturated rings. The number of ether oxygens (including phenoxy) is 1. The molecule has 7 heteroatoms. The zero-order chi connectivity index (χ0) is 20.0. The van der Waals surface area contributed by atoms with Gasteiger partial charge in [0.25, 0.3) is 5.91 Å². The number of carbonyl (C=O) groups is 2. The van der Waals surface area contributed by atoms with Crippen molar-refractivity contribution in [3.8, 4) is 0 Å². The maximum absolute atomic E-state index is 12.6. The second-order valence-corrected chi connectivity index (χ2v) is 9.02. The van der Waals surface area contributed by atoms with E-state index < -0.39 is 0 Å². The quantitative estimate of drug-likeness (QED) is 0.778. The van der Waals surface area contributed by atoms with Crippen LogP contribution in [0.25, 0.3) is 0 Å². The molecule has 4 heterocycles. The Morgan fingerprint density at radius 3 is 2.59 bits per heavy atom. The molecule has 0 bridgehead atoms. The van der Waals surface area contributed by atoms with Crippen LogP contribution in [0.4, 0.5) is 5.82 Å². The van der Waals surface area contributed by atoms with E-state index in [0.29, 0.717) is 18.9 Å². The number of nitrogens with zero attached hydrogens (tertiary/aromatic N) is 4. The molecule has 1 saturated carbocycles. The molecule has 1 unspecified atom stereocenters. The zero-order valence-corrected chi connectivity index (χ0v) is 17.2. The molecule has 3 aliphatic heterocycles. The summed E-state index contributed by atoms with van der Waals surface area (Å²) in [5.74, 6) is 2.92. The second-order valence-electron chi connectivity index (χ2n) is 9.02. The lowest BCUT2D eigenvalue weighted by Crippen LogP contribution is -2.43. The first kappa shape index (κ1) is 19.0. The number of hydrogen-bond acceptors (Lipinski definition) is 5. The van der Waals surface area contributed by atoms with Gasteiger partial charge >= 0.3 is 0 Å². The molecule has 2 saturated heterocycles. The van der Waals surface area contributed by atoms with Gasteiger partial charge in [0.1, 0.15) is 17.7 Å². The normalized spacial score (nSPS) is 25.4. The lowest BCUT2D eigenvalue weighted by atomic mass is 9.94. The first-order chi connectivity index (χ1) is 14.1. The van der Waals surface area contributed by atoms with Crippen molar-refractivity contribution < 1.29 is 14.3 Å². The topological polar surface area (TPSA) is 75.6 Å². The fourth-order valence-corrected chi connectivity index (χ4v) is 4.87. The molecule has 7 nitrogen and oxygen atoms in total. The van der Waals surface area contributed by atoms with Crippen molar-refractivity contribution in [1.29, 1.82) is 0 Å². The molecule has 5 rings (SSSR count). The molecule has 1 aromatic heterocycles. The molecule has 0 spiro atoms. The van der Waals surface area contributed by atoms with Crippen LogP contribution < -0.4 is 4.90 Å². The summed E-state index contributed by atoms with van der Waals surface area (Å²) in [5.41, 5.74) is 2.15. The van der Waals surface area contributed by atoms with Crippen LogP contribution in [0.5, 0.6) is 0 Å². The number of amides is 2.